The summed E-state index contributed by atoms with van der Waals surface area (Å²) in [6.45, 7) is 0.570. The first-order chi connectivity index (χ1) is 10.3. The Balaban J connectivity index is 1.95. The van der Waals surface area contributed by atoms with E-state index >= 15 is 0 Å². The molecule has 0 bridgehead atoms. The summed E-state index contributed by atoms with van der Waals surface area (Å²) in [5, 5.41) is 11.9. The van der Waals surface area contributed by atoms with Crippen molar-refractivity contribution in [1.82, 2.24) is 20.2 Å². The second-order valence-electron chi connectivity index (χ2n) is 4.60. The molecule has 0 radical (unpaired) electrons. The van der Waals surface area contributed by atoms with Gasteiger partial charge in [0.2, 0.25) is 0 Å². The van der Waals surface area contributed by atoms with E-state index in [2.05, 4.69) is 15.5 Å². The quantitative estimate of drug-likeness (QED) is 0.740. The molecule has 1 aromatic heterocycles. The Bertz CT molecular complexity index is 736. The minimum absolute atomic E-state index is 0.570. The van der Waals surface area contributed by atoms with Gasteiger partial charge in [0.05, 0.1) is 19.2 Å². The fraction of sp³-hybridized carbons (Fsp3) is 0.133. The summed E-state index contributed by atoms with van der Waals surface area (Å²) in [5.74, 6) is 1.41. The third-order valence-corrected chi connectivity index (χ3v) is 3.19. The number of rotatable bonds is 4. The van der Waals surface area contributed by atoms with Gasteiger partial charge in [-0.2, -0.15) is 0 Å². The number of aromatic nitrogens is 4. The zero-order valence-corrected chi connectivity index (χ0v) is 11.6. The van der Waals surface area contributed by atoms with Crippen LogP contribution in [0.4, 0.5) is 5.69 Å². The Hall–Kier alpha value is -2.89. The molecular formula is C15H15N5O. The standard InChI is InChI=1S/C15H15N5O/c1-21-14-5-3-2-4-13(14)15-17-18-19-20(15)10-11-6-8-12(16)9-7-11/h2-9H,10,16H2,1H3. The monoisotopic (exact) mass is 281 g/mol. The maximum atomic E-state index is 5.70. The van der Waals surface area contributed by atoms with Crippen molar-refractivity contribution < 1.29 is 4.74 Å². The maximum Gasteiger partial charge on any atom is 0.186 e. The normalized spacial score (nSPS) is 10.5. The van der Waals surface area contributed by atoms with Crippen molar-refractivity contribution in [3.05, 3.63) is 54.1 Å². The van der Waals surface area contributed by atoms with Crippen molar-refractivity contribution in [3.8, 4) is 17.1 Å². The molecule has 6 heteroatoms. The zero-order valence-electron chi connectivity index (χ0n) is 11.6. The van der Waals surface area contributed by atoms with Crippen LogP contribution in [-0.4, -0.2) is 27.3 Å². The zero-order chi connectivity index (χ0) is 14.7. The smallest absolute Gasteiger partial charge is 0.186 e. The van der Waals surface area contributed by atoms with Crippen LogP contribution in [-0.2, 0) is 6.54 Å². The summed E-state index contributed by atoms with van der Waals surface area (Å²) in [6, 6.07) is 15.3. The average molecular weight is 281 g/mol. The van der Waals surface area contributed by atoms with Crippen molar-refractivity contribution in [2.75, 3.05) is 12.8 Å². The first kappa shape index (κ1) is 13.1. The number of para-hydroxylation sites is 1. The highest BCUT2D eigenvalue weighted by Gasteiger charge is 2.13. The lowest BCUT2D eigenvalue weighted by Crippen LogP contribution is -2.05. The lowest BCUT2D eigenvalue weighted by molar-refractivity contribution is 0.416. The van der Waals surface area contributed by atoms with Gasteiger partial charge in [-0.15, -0.1) is 5.10 Å². The van der Waals surface area contributed by atoms with Crippen LogP contribution in [0.5, 0.6) is 5.75 Å². The molecule has 3 rings (SSSR count). The van der Waals surface area contributed by atoms with Crippen molar-refractivity contribution in [2.45, 2.75) is 6.54 Å². The number of benzene rings is 2. The highest BCUT2D eigenvalue weighted by atomic mass is 16.5. The third kappa shape index (κ3) is 2.69. The van der Waals surface area contributed by atoms with Crippen LogP contribution >= 0.6 is 0 Å². The Morgan fingerprint density at radius 1 is 1.10 bits per heavy atom. The van der Waals surface area contributed by atoms with Gasteiger partial charge in [-0.1, -0.05) is 24.3 Å². The number of hydrogen-bond donors (Lipinski definition) is 1. The predicted octanol–water partition coefficient (Wildman–Crippen LogP) is 1.98. The molecule has 0 spiro atoms. The molecule has 2 N–H and O–H groups in total. The van der Waals surface area contributed by atoms with Gasteiger partial charge in [0.15, 0.2) is 5.82 Å². The number of tetrazole rings is 1. The largest absolute Gasteiger partial charge is 0.496 e. The molecule has 0 fully saturated rings. The van der Waals surface area contributed by atoms with E-state index in [1.54, 1.807) is 11.8 Å². The van der Waals surface area contributed by atoms with Crippen molar-refractivity contribution in [2.24, 2.45) is 0 Å². The highest BCUT2D eigenvalue weighted by molar-refractivity contribution is 5.63. The third-order valence-electron chi connectivity index (χ3n) is 3.19. The summed E-state index contributed by atoms with van der Waals surface area (Å²) >= 11 is 0. The van der Waals surface area contributed by atoms with E-state index < -0.39 is 0 Å². The highest BCUT2D eigenvalue weighted by Crippen LogP contribution is 2.27. The molecule has 0 aliphatic rings. The molecule has 0 saturated carbocycles. The molecule has 0 amide bonds. The SMILES string of the molecule is COc1ccccc1-c1nnnn1Cc1ccc(N)cc1. The average Bonchev–Trinajstić information content (AvgIpc) is 2.97. The number of nitrogens with two attached hydrogens (primary N) is 1. The molecule has 2 aromatic carbocycles. The van der Waals surface area contributed by atoms with Gasteiger partial charge >= 0.3 is 0 Å². The Labute approximate surface area is 122 Å². The molecule has 0 aliphatic heterocycles. The fourth-order valence-corrected chi connectivity index (χ4v) is 2.13. The van der Waals surface area contributed by atoms with E-state index in [1.165, 1.54) is 0 Å². The molecule has 0 aliphatic carbocycles. The summed E-state index contributed by atoms with van der Waals surface area (Å²) < 4.78 is 7.10. The van der Waals surface area contributed by atoms with Crippen LogP contribution < -0.4 is 10.5 Å². The molecular weight excluding hydrogens is 266 g/mol. The summed E-state index contributed by atoms with van der Waals surface area (Å²) in [5.41, 5.74) is 8.37. The Morgan fingerprint density at radius 2 is 1.86 bits per heavy atom. The van der Waals surface area contributed by atoms with Crippen LogP contribution in [0.15, 0.2) is 48.5 Å². The van der Waals surface area contributed by atoms with Crippen LogP contribution in [0.2, 0.25) is 0 Å². The van der Waals surface area contributed by atoms with Gasteiger partial charge in [-0.05, 0) is 40.3 Å². The van der Waals surface area contributed by atoms with E-state index in [4.69, 9.17) is 10.5 Å². The number of hydrogen-bond acceptors (Lipinski definition) is 5. The van der Waals surface area contributed by atoms with Gasteiger partial charge in [0.1, 0.15) is 5.75 Å². The fourth-order valence-electron chi connectivity index (χ4n) is 2.13. The van der Waals surface area contributed by atoms with Gasteiger partial charge in [0, 0.05) is 5.69 Å². The van der Waals surface area contributed by atoms with E-state index in [0.29, 0.717) is 12.4 Å². The van der Waals surface area contributed by atoms with Gasteiger partial charge in [-0.25, -0.2) is 4.68 Å². The lowest BCUT2D eigenvalue weighted by Gasteiger charge is -2.08. The molecule has 106 valence electrons. The minimum atomic E-state index is 0.570. The first-order valence-electron chi connectivity index (χ1n) is 6.52. The first-order valence-corrected chi connectivity index (χ1v) is 6.52. The van der Waals surface area contributed by atoms with Crippen LogP contribution in [0.25, 0.3) is 11.4 Å². The number of anilines is 1. The summed E-state index contributed by atoms with van der Waals surface area (Å²) in [6.07, 6.45) is 0. The van der Waals surface area contributed by atoms with E-state index in [-0.39, 0.29) is 0 Å². The van der Waals surface area contributed by atoms with Gasteiger partial charge < -0.3 is 10.5 Å². The number of ether oxygens (including phenoxy) is 1. The van der Waals surface area contributed by atoms with Crippen LogP contribution in [0, 0.1) is 0 Å². The van der Waals surface area contributed by atoms with E-state index in [9.17, 15) is 0 Å². The summed E-state index contributed by atoms with van der Waals surface area (Å²) in [7, 11) is 1.63. The Kier molecular flexibility index (Phi) is 3.51. The van der Waals surface area contributed by atoms with Crippen molar-refractivity contribution >= 4 is 5.69 Å². The molecule has 6 nitrogen and oxygen atoms in total. The molecule has 1 heterocycles. The molecule has 0 atom stereocenters. The van der Waals surface area contributed by atoms with Crippen molar-refractivity contribution in [3.63, 3.8) is 0 Å². The van der Waals surface area contributed by atoms with E-state index in [1.807, 2.05) is 48.5 Å². The number of nitrogens with zero attached hydrogens (tertiary/aromatic N) is 4. The molecule has 0 saturated heterocycles. The minimum Gasteiger partial charge on any atom is -0.496 e. The van der Waals surface area contributed by atoms with Gasteiger partial charge in [-0.3, -0.25) is 0 Å². The lowest BCUT2D eigenvalue weighted by atomic mass is 10.1. The Morgan fingerprint density at radius 3 is 2.62 bits per heavy atom. The molecule has 21 heavy (non-hydrogen) atoms. The maximum absolute atomic E-state index is 5.70. The van der Waals surface area contributed by atoms with E-state index in [0.717, 1.165) is 22.6 Å². The topological polar surface area (TPSA) is 78.9 Å². The van der Waals surface area contributed by atoms with Gasteiger partial charge in [0.25, 0.3) is 0 Å². The predicted molar refractivity (Wildman–Crippen MR) is 79.8 cm³/mol. The molecule has 3 aromatic rings. The molecule has 0 unspecified atom stereocenters. The van der Waals surface area contributed by atoms with Crippen LogP contribution in [0.1, 0.15) is 5.56 Å². The second kappa shape index (κ2) is 5.62. The second-order valence-corrected chi connectivity index (χ2v) is 4.60. The summed E-state index contributed by atoms with van der Waals surface area (Å²) in [4.78, 5) is 0. The number of methoxy groups -OCH3 is 1. The van der Waals surface area contributed by atoms with Crippen LogP contribution in [0.3, 0.4) is 0 Å². The van der Waals surface area contributed by atoms with Crippen molar-refractivity contribution in [1.29, 1.82) is 0 Å². The number of nitrogen functional groups attached to an aromatic ring is 1.